The van der Waals surface area contributed by atoms with Gasteiger partial charge in [0, 0.05) is 18.3 Å². The number of esters is 1. The number of halogens is 1. The lowest BCUT2D eigenvalue weighted by atomic mass is 10.0. The topological polar surface area (TPSA) is 44.1 Å². The van der Waals surface area contributed by atoms with Gasteiger partial charge in [-0.25, -0.2) is 0 Å². The van der Waals surface area contributed by atoms with Crippen LogP contribution in [0.15, 0.2) is 30.5 Å². The van der Waals surface area contributed by atoms with Crippen molar-refractivity contribution in [2.45, 2.75) is 52.2 Å². The number of hydrogen-bond acceptors (Lipinski definition) is 3. The van der Waals surface area contributed by atoms with Crippen LogP contribution in [0, 0.1) is 9.49 Å². The molecule has 128 valence electrons. The van der Waals surface area contributed by atoms with Crippen molar-refractivity contribution in [1.82, 2.24) is 9.78 Å². The monoisotopic (exact) mass is 438 g/mol. The smallest absolute Gasteiger partial charge is 0.310 e. The molecule has 1 aliphatic carbocycles. The van der Waals surface area contributed by atoms with Crippen LogP contribution in [-0.4, -0.2) is 21.4 Å². The molecular formula is C19H23IN2O2. The third-order valence-electron chi connectivity index (χ3n) is 4.15. The summed E-state index contributed by atoms with van der Waals surface area (Å²) in [5, 5.41) is 4.61. The normalized spacial score (nSPS) is 20.0. The Morgan fingerprint density at radius 1 is 1.33 bits per heavy atom. The first-order chi connectivity index (χ1) is 11.3. The highest BCUT2D eigenvalue weighted by Gasteiger charge is 2.46. The molecule has 1 aliphatic rings. The van der Waals surface area contributed by atoms with Crippen molar-refractivity contribution in [3.05, 3.63) is 39.6 Å². The van der Waals surface area contributed by atoms with Gasteiger partial charge in [-0.3, -0.25) is 9.48 Å². The summed E-state index contributed by atoms with van der Waals surface area (Å²) < 4.78 is 8.59. The zero-order chi connectivity index (χ0) is 17.5. The van der Waals surface area contributed by atoms with Crippen molar-refractivity contribution in [3.8, 4) is 11.3 Å². The lowest BCUT2D eigenvalue weighted by Crippen LogP contribution is -2.25. The number of nitrogens with zero attached hydrogens (tertiary/aromatic N) is 2. The van der Waals surface area contributed by atoms with E-state index in [0.29, 0.717) is 5.92 Å². The van der Waals surface area contributed by atoms with E-state index in [1.54, 1.807) is 0 Å². The number of aromatic nitrogens is 2. The number of carbonyl (C=O) groups excluding carboxylic acids is 1. The van der Waals surface area contributed by atoms with Gasteiger partial charge in [-0.05, 0) is 68.2 Å². The number of ether oxygens (including phenoxy) is 1. The minimum atomic E-state index is -0.414. The van der Waals surface area contributed by atoms with Gasteiger partial charge in [-0.15, -0.1) is 0 Å². The molecule has 1 saturated carbocycles. The second kappa shape index (κ2) is 6.50. The molecule has 1 aromatic carbocycles. The largest absolute Gasteiger partial charge is 0.460 e. The van der Waals surface area contributed by atoms with E-state index in [1.165, 1.54) is 5.56 Å². The van der Waals surface area contributed by atoms with Gasteiger partial charge in [-0.1, -0.05) is 24.3 Å². The fraction of sp³-hybridized carbons (Fsp3) is 0.474. The van der Waals surface area contributed by atoms with E-state index in [-0.39, 0.29) is 11.9 Å². The summed E-state index contributed by atoms with van der Waals surface area (Å²) in [5.41, 5.74) is 2.93. The lowest BCUT2D eigenvalue weighted by Gasteiger charge is -2.19. The van der Waals surface area contributed by atoms with Gasteiger partial charge in [0.25, 0.3) is 0 Å². The van der Waals surface area contributed by atoms with Crippen molar-refractivity contribution in [3.63, 3.8) is 0 Å². The van der Waals surface area contributed by atoms with Crippen LogP contribution in [0.1, 0.15) is 45.6 Å². The van der Waals surface area contributed by atoms with Gasteiger partial charge in [0.05, 0.1) is 9.49 Å². The second-order valence-electron chi connectivity index (χ2n) is 7.29. The zero-order valence-electron chi connectivity index (χ0n) is 14.5. The molecule has 0 N–H and O–H groups in total. The van der Waals surface area contributed by atoms with E-state index in [1.807, 2.05) is 25.5 Å². The Morgan fingerprint density at radius 3 is 2.54 bits per heavy atom. The first kappa shape index (κ1) is 17.5. The van der Waals surface area contributed by atoms with Gasteiger partial charge < -0.3 is 4.74 Å². The fourth-order valence-corrected chi connectivity index (χ4v) is 3.59. The number of hydrogen-bond donors (Lipinski definition) is 0. The van der Waals surface area contributed by atoms with Crippen LogP contribution in [0.4, 0.5) is 0 Å². The second-order valence-corrected chi connectivity index (χ2v) is 8.45. The lowest BCUT2D eigenvalue weighted by molar-refractivity contribution is -0.156. The van der Waals surface area contributed by atoms with Gasteiger partial charge in [0.1, 0.15) is 11.3 Å². The molecule has 4 nitrogen and oxygen atoms in total. The predicted octanol–water partition coefficient (Wildman–Crippen LogP) is 4.62. The Labute approximate surface area is 156 Å². The third-order valence-corrected chi connectivity index (χ3v) is 4.94. The van der Waals surface area contributed by atoms with Crippen molar-refractivity contribution < 1.29 is 9.53 Å². The SMILES string of the molecule is CCn1cc(I)c(-c2ccc(C3CC3C(=O)OC(C)(C)C)cc2)n1. The van der Waals surface area contributed by atoms with Crippen LogP contribution in [-0.2, 0) is 16.1 Å². The summed E-state index contributed by atoms with van der Waals surface area (Å²) in [4.78, 5) is 12.1. The minimum Gasteiger partial charge on any atom is -0.460 e. The summed E-state index contributed by atoms with van der Waals surface area (Å²) in [7, 11) is 0. The number of aryl methyl sites for hydroxylation is 1. The Bertz CT molecular complexity index is 744. The summed E-state index contributed by atoms with van der Waals surface area (Å²) in [6.07, 6.45) is 2.94. The Morgan fingerprint density at radius 2 is 2.00 bits per heavy atom. The molecule has 1 aromatic heterocycles. The molecular weight excluding hydrogens is 415 g/mol. The highest BCUT2D eigenvalue weighted by molar-refractivity contribution is 14.1. The third kappa shape index (κ3) is 3.82. The molecule has 24 heavy (non-hydrogen) atoms. The molecule has 1 heterocycles. The molecule has 0 saturated heterocycles. The van der Waals surface area contributed by atoms with Crippen LogP contribution in [0.2, 0.25) is 0 Å². The number of benzene rings is 1. The van der Waals surface area contributed by atoms with Crippen molar-refractivity contribution in [2.75, 3.05) is 0 Å². The zero-order valence-corrected chi connectivity index (χ0v) is 16.7. The molecule has 0 radical (unpaired) electrons. The molecule has 0 amide bonds. The maximum Gasteiger partial charge on any atom is 0.310 e. The van der Waals surface area contributed by atoms with E-state index in [2.05, 4.69) is 65.1 Å². The predicted molar refractivity (Wildman–Crippen MR) is 103 cm³/mol. The molecule has 2 atom stereocenters. The molecule has 2 unspecified atom stereocenters. The van der Waals surface area contributed by atoms with Crippen molar-refractivity contribution in [1.29, 1.82) is 0 Å². The molecule has 0 spiro atoms. The van der Waals surface area contributed by atoms with E-state index in [9.17, 15) is 4.79 Å². The summed E-state index contributed by atoms with van der Waals surface area (Å²) in [5.74, 6) is 0.225. The highest BCUT2D eigenvalue weighted by Crippen LogP contribution is 2.48. The van der Waals surface area contributed by atoms with Crippen LogP contribution in [0.25, 0.3) is 11.3 Å². The Kier molecular flexibility index (Phi) is 4.73. The average molecular weight is 438 g/mol. The average Bonchev–Trinajstić information content (AvgIpc) is 3.22. The minimum absolute atomic E-state index is 0.00881. The molecule has 2 aromatic rings. The number of carbonyl (C=O) groups is 1. The molecule has 0 bridgehead atoms. The summed E-state index contributed by atoms with van der Waals surface area (Å²) >= 11 is 2.32. The first-order valence-corrected chi connectivity index (χ1v) is 9.42. The molecule has 1 fully saturated rings. The number of rotatable bonds is 4. The maximum atomic E-state index is 12.1. The molecule has 0 aliphatic heterocycles. The van der Waals surface area contributed by atoms with Gasteiger partial charge in [-0.2, -0.15) is 5.10 Å². The summed E-state index contributed by atoms with van der Waals surface area (Å²) in [6, 6.07) is 8.44. The Balaban J connectivity index is 1.70. The van der Waals surface area contributed by atoms with Gasteiger partial charge >= 0.3 is 5.97 Å². The fourth-order valence-electron chi connectivity index (χ4n) is 2.84. The van der Waals surface area contributed by atoms with Crippen LogP contribution in [0.5, 0.6) is 0 Å². The molecule has 5 heteroatoms. The maximum absolute atomic E-state index is 12.1. The van der Waals surface area contributed by atoms with E-state index in [0.717, 1.165) is 27.8 Å². The van der Waals surface area contributed by atoms with Crippen molar-refractivity contribution >= 4 is 28.6 Å². The van der Waals surface area contributed by atoms with Gasteiger partial charge in [0.2, 0.25) is 0 Å². The van der Waals surface area contributed by atoms with E-state index < -0.39 is 5.60 Å². The summed E-state index contributed by atoms with van der Waals surface area (Å²) in [6.45, 7) is 8.68. The first-order valence-electron chi connectivity index (χ1n) is 8.34. The van der Waals surface area contributed by atoms with Crippen LogP contribution < -0.4 is 0 Å². The van der Waals surface area contributed by atoms with Crippen LogP contribution >= 0.6 is 22.6 Å². The quantitative estimate of drug-likeness (QED) is 0.517. The van der Waals surface area contributed by atoms with Crippen molar-refractivity contribution in [2.24, 2.45) is 5.92 Å². The van der Waals surface area contributed by atoms with Gasteiger partial charge in [0.15, 0.2) is 0 Å². The van der Waals surface area contributed by atoms with E-state index >= 15 is 0 Å². The van der Waals surface area contributed by atoms with E-state index in [4.69, 9.17) is 4.74 Å². The van der Waals surface area contributed by atoms with Crippen LogP contribution in [0.3, 0.4) is 0 Å². The Hall–Kier alpha value is -1.37. The molecule has 3 rings (SSSR count). The standard InChI is InChI=1S/C19H23IN2O2/c1-5-22-11-16(20)17(21-22)13-8-6-12(7-9-13)14-10-15(14)18(23)24-19(2,3)4/h6-9,11,14-15H,5,10H2,1-4H3. The highest BCUT2D eigenvalue weighted by atomic mass is 127.